The molecule has 0 unspecified atom stereocenters. The number of anilines is 1. The summed E-state index contributed by atoms with van der Waals surface area (Å²) >= 11 is 6.76. The van der Waals surface area contributed by atoms with Gasteiger partial charge in [-0.2, -0.15) is 0 Å². The summed E-state index contributed by atoms with van der Waals surface area (Å²) in [5, 5.41) is 14.4. The largest absolute Gasteiger partial charge is 0.338 e. The van der Waals surface area contributed by atoms with E-state index in [2.05, 4.69) is 37.2 Å². The molecule has 122 valence electrons. The third-order valence-electron chi connectivity index (χ3n) is 3.48. The van der Waals surface area contributed by atoms with Crippen LogP contribution in [0.5, 0.6) is 0 Å². The van der Waals surface area contributed by atoms with Crippen LogP contribution in [0.15, 0.2) is 57.6 Å². The van der Waals surface area contributed by atoms with Gasteiger partial charge >= 0.3 is 0 Å². The fraction of sp³-hybridized carbons (Fsp3) is 0.0625. The molecule has 0 saturated carbocycles. The summed E-state index contributed by atoms with van der Waals surface area (Å²) < 4.78 is 3.40. The maximum absolute atomic E-state index is 12.3. The number of benzene rings is 2. The SMILES string of the molecule is O=C(Cn1ccc2cc([N+](=O)[O-])ccc21)Nc1cc(Br)ccc1Br. The van der Waals surface area contributed by atoms with Crippen molar-refractivity contribution < 1.29 is 9.72 Å². The number of nitro groups is 1. The molecule has 1 N–H and O–H groups in total. The zero-order valence-corrected chi connectivity index (χ0v) is 15.4. The second kappa shape index (κ2) is 6.74. The van der Waals surface area contributed by atoms with Gasteiger partial charge < -0.3 is 9.88 Å². The summed E-state index contributed by atoms with van der Waals surface area (Å²) in [7, 11) is 0. The van der Waals surface area contributed by atoms with E-state index in [1.54, 1.807) is 29.0 Å². The predicted molar refractivity (Wildman–Crippen MR) is 99.1 cm³/mol. The predicted octanol–water partition coefficient (Wildman–Crippen LogP) is 4.71. The molecule has 0 aliphatic carbocycles. The number of nitro benzene ring substituents is 1. The summed E-state index contributed by atoms with van der Waals surface area (Å²) in [5.41, 5.74) is 1.47. The number of carbonyl (C=O) groups is 1. The Morgan fingerprint density at radius 2 is 1.96 bits per heavy atom. The quantitative estimate of drug-likeness (QED) is 0.459. The summed E-state index contributed by atoms with van der Waals surface area (Å²) in [5.74, 6) is -0.190. The minimum Gasteiger partial charge on any atom is -0.338 e. The van der Waals surface area contributed by atoms with Gasteiger partial charge in [0.15, 0.2) is 0 Å². The van der Waals surface area contributed by atoms with Gasteiger partial charge in [-0.1, -0.05) is 15.9 Å². The maximum atomic E-state index is 12.3. The van der Waals surface area contributed by atoms with E-state index in [9.17, 15) is 14.9 Å². The summed E-state index contributed by atoms with van der Waals surface area (Å²) in [6, 6.07) is 11.8. The number of aromatic nitrogens is 1. The van der Waals surface area contributed by atoms with Crippen LogP contribution in [0.1, 0.15) is 0 Å². The van der Waals surface area contributed by atoms with E-state index in [1.807, 2.05) is 12.1 Å². The van der Waals surface area contributed by atoms with Crippen molar-refractivity contribution in [3.63, 3.8) is 0 Å². The van der Waals surface area contributed by atoms with Crippen LogP contribution in [-0.2, 0) is 11.3 Å². The molecule has 1 aromatic heterocycles. The Balaban J connectivity index is 1.80. The van der Waals surface area contributed by atoms with Gasteiger partial charge in [0, 0.05) is 38.2 Å². The first-order valence-electron chi connectivity index (χ1n) is 6.92. The zero-order valence-electron chi connectivity index (χ0n) is 12.2. The molecule has 0 atom stereocenters. The van der Waals surface area contributed by atoms with Crippen LogP contribution >= 0.6 is 31.9 Å². The molecule has 0 radical (unpaired) electrons. The van der Waals surface area contributed by atoms with Crippen LogP contribution in [0.3, 0.4) is 0 Å². The van der Waals surface area contributed by atoms with Gasteiger partial charge in [-0.3, -0.25) is 14.9 Å². The third-order valence-corrected chi connectivity index (χ3v) is 4.67. The number of amides is 1. The lowest BCUT2D eigenvalue weighted by molar-refractivity contribution is -0.384. The number of nitrogens with one attached hydrogen (secondary N) is 1. The molecule has 0 aliphatic heterocycles. The van der Waals surface area contributed by atoms with Gasteiger partial charge in [0.25, 0.3) is 5.69 Å². The molecule has 2 aromatic carbocycles. The molecular formula is C16H11Br2N3O3. The zero-order chi connectivity index (χ0) is 17.3. The molecular weight excluding hydrogens is 442 g/mol. The summed E-state index contributed by atoms with van der Waals surface area (Å²) in [4.78, 5) is 22.7. The maximum Gasteiger partial charge on any atom is 0.270 e. The molecule has 24 heavy (non-hydrogen) atoms. The van der Waals surface area contributed by atoms with Crippen molar-refractivity contribution in [2.45, 2.75) is 6.54 Å². The second-order valence-electron chi connectivity index (χ2n) is 5.12. The monoisotopic (exact) mass is 451 g/mol. The van der Waals surface area contributed by atoms with E-state index in [-0.39, 0.29) is 18.1 Å². The number of hydrogen-bond donors (Lipinski definition) is 1. The Morgan fingerprint density at radius 1 is 1.17 bits per heavy atom. The van der Waals surface area contributed by atoms with Crippen molar-refractivity contribution in [2.75, 3.05) is 5.32 Å². The van der Waals surface area contributed by atoms with Crippen molar-refractivity contribution in [2.24, 2.45) is 0 Å². The van der Waals surface area contributed by atoms with Crippen LogP contribution in [0.2, 0.25) is 0 Å². The topological polar surface area (TPSA) is 77.2 Å². The molecule has 1 amide bonds. The van der Waals surface area contributed by atoms with Gasteiger partial charge in [0.2, 0.25) is 5.91 Å². The van der Waals surface area contributed by atoms with Crippen LogP contribution in [0.25, 0.3) is 10.9 Å². The van der Waals surface area contributed by atoms with Crippen LogP contribution in [0.4, 0.5) is 11.4 Å². The minimum atomic E-state index is -0.436. The lowest BCUT2D eigenvalue weighted by atomic mass is 10.2. The molecule has 8 heteroatoms. The average molecular weight is 453 g/mol. The molecule has 3 aromatic rings. The van der Waals surface area contributed by atoms with Crippen molar-refractivity contribution >= 4 is 60.0 Å². The molecule has 0 aliphatic rings. The van der Waals surface area contributed by atoms with Gasteiger partial charge in [0.05, 0.1) is 10.6 Å². The Labute approximate surface area is 153 Å². The Hall–Kier alpha value is -2.19. The first-order chi connectivity index (χ1) is 11.4. The number of fused-ring (bicyclic) bond motifs is 1. The summed E-state index contributed by atoms with van der Waals surface area (Å²) in [6.07, 6.45) is 1.74. The molecule has 0 saturated heterocycles. The number of halogens is 2. The van der Waals surface area contributed by atoms with Crippen molar-refractivity contribution in [3.05, 3.63) is 67.7 Å². The number of carbonyl (C=O) groups excluding carboxylic acids is 1. The average Bonchev–Trinajstić information content (AvgIpc) is 2.93. The molecule has 3 rings (SSSR count). The highest BCUT2D eigenvalue weighted by Crippen LogP contribution is 2.26. The van der Waals surface area contributed by atoms with E-state index in [0.717, 1.165) is 19.8 Å². The first-order valence-corrected chi connectivity index (χ1v) is 8.51. The van der Waals surface area contributed by atoms with E-state index in [1.165, 1.54) is 12.1 Å². The summed E-state index contributed by atoms with van der Waals surface area (Å²) in [6.45, 7) is 0.111. The van der Waals surface area contributed by atoms with Crippen LogP contribution < -0.4 is 5.32 Å². The number of rotatable bonds is 4. The van der Waals surface area contributed by atoms with E-state index < -0.39 is 4.92 Å². The standard InChI is InChI=1S/C16H11Br2N3O3/c17-11-1-3-13(18)14(8-11)19-16(22)9-20-6-5-10-7-12(21(23)24)2-4-15(10)20/h1-8H,9H2,(H,19,22). The highest BCUT2D eigenvalue weighted by Gasteiger charge is 2.12. The fourth-order valence-electron chi connectivity index (χ4n) is 2.38. The van der Waals surface area contributed by atoms with Gasteiger partial charge in [-0.15, -0.1) is 0 Å². The lowest BCUT2D eigenvalue weighted by Crippen LogP contribution is -2.18. The van der Waals surface area contributed by atoms with E-state index >= 15 is 0 Å². The Bertz CT molecular complexity index is 953. The second-order valence-corrected chi connectivity index (χ2v) is 6.89. The molecule has 0 bridgehead atoms. The van der Waals surface area contributed by atoms with Gasteiger partial charge in [0.1, 0.15) is 6.54 Å². The Kier molecular flexibility index (Phi) is 4.68. The van der Waals surface area contributed by atoms with E-state index in [4.69, 9.17) is 0 Å². The van der Waals surface area contributed by atoms with Crippen molar-refractivity contribution in [1.82, 2.24) is 4.57 Å². The molecule has 0 fully saturated rings. The smallest absolute Gasteiger partial charge is 0.270 e. The fourth-order valence-corrected chi connectivity index (χ4v) is 3.08. The van der Waals surface area contributed by atoms with Crippen LogP contribution in [-0.4, -0.2) is 15.4 Å². The lowest BCUT2D eigenvalue weighted by Gasteiger charge is -2.09. The number of non-ortho nitro benzene ring substituents is 1. The third kappa shape index (κ3) is 3.49. The first kappa shape index (κ1) is 16.7. The van der Waals surface area contributed by atoms with Crippen LogP contribution in [0, 0.1) is 10.1 Å². The molecule has 1 heterocycles. The number of hydrogen-bond acceptors (Lipinski definition) is 3. The normalized spacial score (nSPS) is 10.8. The van der Waals surface area contributed by atoms with Crippen molar-refractivity contribution in [3.8, 4) is 0 Å². The highest BCUT2D eigenvalue weighted by atomic mass is 79.9. The molecule has 6 nitrogen and oxygen atoms in total. The number of nitrogens with zero attached hydrogens (tertiary/aromatic N) is 2. The minimum absolute atomic E-state index is 0.0303. The van der Waals surface area contributed by atoms with Gasteiger partial charge in [-0.25, -0.2) is 0 Å². The van der Waals surface area contributed by atoms with E-state index in [0.29, 0.717) is 5.69 Å². The molecule has 0 spiro atoms. The Morgan fingerprint density at radius 3 is 2.71 bits per heavy atom. The highest BCUT2D eigenvalue weighted by molar-refractivity contribution is 9.11. The van der Waals surface area contributed by atoms with Crippen molar-refractivity contribution in [1.29, 1.82) is 0 Å². The van der Waals surface area contributed by atoms with Gasteiger partial charge in [-0.05, 0) is 46.3 Å².